The molecular weight excluding hydrogens is 358 g/mol. The normalized spacial score (nSPS) is 16.3. The number of allylic oxidation sites excluding steroid dienone is 1. The second-order valence-electron chi connectivity index (χ2n) is 5.53. The lowest BCUT2D eigenvalue weighted by Crippen LogP contribution is -2.45. The molecule has 1 heterocycles. The first-order valence-corrected chi connectivity index (χ1v) is 8.25. The van der Waals surface area contributed by atoms with Gasteiger partial charge < -0.3 is 24.8 Å². The molecule has 2 N–H and O–H groups in total. The summed E-state index contributed by atoms with van der Waals surface area (Å²) in [5, 5.41) is 16.6. The molecule has 0 aromatic heterocycles. The highest BCUT2D eigenvalue weighted by atomic mass is 16.6. The molecule has 0 radical (unpaired) electrons. The minimum atomic E-state index is -0.939. The van der Waals surface area contributed by atoms with Crippen molar-refractivity contribution in [2.24, 2.45) is 0 Å². The van der Waals surface area contributed by atoms with Crippen LogP contribution in [0.25, 0.3) is 0 Å². The molecule has 0 saturated heterocycles. The van der Waals surface area contributed by atoms with Crippen LogP contribution < -0.4 is 20.1 Å². The summed E-state index contributed by atoms with van der Waals surface area (Å²) in [5.74, 6) is -0.566. The average Bonchev–Trinajstić information content (AvgIpc) is 2.65. The second-order valence-corrected chi connectivity index (χ2v) is 5.53. The fraction of sp³-hybridized carbons (Fsp3) is 0.412. The lowest BCUT2D eigenvalue weighted by atomic mass is 9.93. The number of esters is 1. The van der Waals surface area contributed by atoms with Crippen LogP contribution in [0.1, 0.15) is 31.9 Å². The average molecular weight is 379 g/mol. The largest absolute Gasteiger partial charge is 0.493 e. The van der Waals surface area contributed by atoms with Gasteiger partial charge in [0.05, 0.1) is 37.4 Å². The van der Waals surface area contributed by atoms with Crippen LogP contribution in [0.15, 0.2) is 23.4 Å². The number of nitrogens with zero attached hydrogens (tertiary/aromatic N) is 1. The van der Waals surface area contributed by atoms with Gasteiger partial charge in [0.15, 0.2) is 5.75 Å². The molecule has 1 aliphatic heterocycles. The number of nitro benzene ring substituents is 1. The Morgan fingerprint density at radius 3 is 2.48 bits per heavy atom. The van der Waals surface area contributed by atoms with Gasteiger partial charge in [-0.1, -0.05) is 6.92 Å². The van der Waals surface area contributed by atoms with E-state index in [1.54, 1.807) is 13.8 Å². The molecule has 0 bridgehead atoms. The maximum absolute atomic E-state index is 12.5. The van der Waals surface area contributed by atoms with Crippen LogP contribution in [0, 0.1) is 10.1 Å². The van der Waals surface area contributed by atoms with Crippen molar-refractivity contribution in [3.8, 4) is 11.5 Å². The highest BCUT2D eigenvalue weighted by Crippen LogP contribution is 2.41. The first-order chi connectivity index (χ1) is 12.9. The summed E-state index contributed by atoms with van der Waals surface area (Å²) in [6, 6.07) is 1.26. The van der Waals surface area contributed by atoms with E-state index in [4.69, 9.17) is 14.2 Å². The number of hydrogen-bond acceptors (Lipinski definition) is 7. The Balaban J connectivity index is 2.69. The Hall–Kier alpha value is -3.30. The van der Waals surface area contributed by atoms with Crippen molar-refractivity contribution in [2.45, 2.75) is 26.3 Å². The molecule has 1 aliphatic rings. The van der Waals surface area contributed by atoms with Crippen LogP contribution in [0.2, 0.25) is 0 Å². The molecule has 27 heavy (non-hydrogen) atoms. The van der Waals surface area contributed by atoms with E-state index in [9.17, 15) is 19.7 Å². The van der Waals surface area contributed by atoms with Gasteiger partial charge in [-0.05, 0) is 25.0 Å². The van der Waals surface area contributed by atoms with E-state index in [0.717, 1.165) is 0 Å². The third kappa shape index (κ3) is 3.94. The Morgan fingerprint density at radius 1 is 1.26 bits per heavy atom. The van der Waals surface area contributed by atoms with Crippen LogP contribution in [-0.4, -0.2) is 37.8 Å². The van der Waals surface area contributed by atoms with Crippen LogP contribution >= 0.6 is 0 Å². The van der Waals surface area contributed by atoms with Gasteiger partial charge in [-0.2, -0.15) is 0 Å². The van der Waals surface area contributed by atoms with E-state index < -0.39 is 23.0 Å². The highest BCUT2D eigenvalue weighted by molar-refractivity contribution is 5.95. The number of carbonyl (C=O) groups excluding carboxylic acids is 2. The number of urea groups is 1. The van der Waals surface area contributed by atoms with Gasteiger partial charge in [-0.15, -0.1) is 0 Å². The quantitative estimate of drug-likeness (QED) is 0.422. The van der Waals surface area contributed by atoms with Crippen molar-refractivity contribution in [2.75, 3.05) is 20.8 Å². The predicted octanol–water partition coefficient (Wildman–Crippen LogP) is 2.19. The zero-order valence-corrected chi connectivity index (χ0v) is 15.5. The molecular formula is C17H21N3O7. The molecule has 10 heteroatoms. The first-order valence-electron chi connectivity index (χ1n) is 8.25. The standard InChI is InChI=1S/C17H21N3O7/c1-5-10-13(16(21)27-6-2)14(19-17(22)18-10)9-7-11(20(23)24)15(26-4)12(8-9)25-3/h7-8,14H,5-6H2,1-4H3,(H2,18,19,22). The molecule has 2 amide bonds. The van der Waals surface area contributed by atoms with Gasteiger partial charge in [0, 0.05) is 11.8 Å². The molecule has 146 valence electrons. The van der Waals surface area contributed by atoms with Crippen LogP contribution in [0.4, 0.5) is 10.5 Å². The fourth-order valence-corrected chi connectivity index (χ4v) is 2.86. The van der Waals surface area contributed by atoms with E-state index >= 15 is 0 Å². The van der Waals surface area contributed by atoms with Crippen LogP contribution in [-0.2, 0) is 9.53 Å². The number of carbonyl (C=O) groups is 2. The monoisotopic (exact) mass is 379 g/mol. The number of hydrogen-bond donors (Lipinski definition) is 2. The van der Waals surface area contributed by atoms with Gasteiger partial charge in [0.2, 0.25) is 5.75 Å². The molecule has 1 aromatic carbocycles. The van der Waals surface area contributed by atoms with E-state index in [0.29, 0.717) is 17.7 Å². The van der Waals surface area contributed by atoms with Crippen molar-refractivity contribution in [3.05, 3.63) is 39.1 Å². The number of benzene rings is 1. The van der Waals surface area contributed by atoms with E-state index in [2.05, 4.69) is 10.6 Å². The first kappa shape index (κ1) is 20.0. The summed E-state index contributed by atoms with van der Waals surface area (Å²) >= 11 is 0. The lowest BCUT2D eigenvalue weighted by molar-refractivity contribution is -0.385. The number of rotatable bonds is 7. The smallest absolute Gasteiger partial charge is 0.338 e. The van der Waals surface area contributed by atoms with Crippen molar-refractivity contribution in [1.82, 2.24) is 10.6 Å². The van der Waals surface area contributed by atoms with Gasteiger partial charge in [0.25, 0.3) is 0 Å². The van der Waals surface area contributed by atoms with E-state index in [1.165, 1.54) is 26.4 Å². The third-order valence-corrected chi connectivity index (χ3v) is 4.01. The van der Waals surface area contributed by atoms with Gasteiger partial charge >= 0.3 is 17.7 Å². The van der Waals surface area contributed by atoms with Gasteiger partial charge in [-0.3, -0.25) is 10.1 Å². The topological polar surface area (TPSA) is 129 Å². The Kier molecular flexibility index (Phi) is 6.22. The molecule has 1 aromatic rings. The molecule has 10 nitrogen and oxygen atoms in total. The zero-order valence-electron chi connectivity index (χ0n) is 15.5. The summed E-state index contributed by atoms with van der Waals surface area (Å²) in [4.78, 5) is 35.4. The Labute approximate surface area is 155 Å². The third-order valence-electron chi connectivity index (χ3n) is 4.01. The summed E-state index contributed by atoms with van der Waals surface area (Å²) in [6.07, 6.45) is 0.369. The molecule has 0 fully saturated rings. The summed E-state index contributed by atoms with van der Waals surface area (Å²) in [7, 11) is 2.63. The lowest BCUT2D eigenvalue weighted by Gasteiger charge is -2.29. The van der Waals surface area contributed by atoms with Crippen molar-refractivity contribution >= 4 is 17.7 Å². The Bertz CT molecular complexity index is 804. The predicted molar refractivity (Wildman–Crippen MR) is 94.6 cm³/mol. The molecule has 1 atom stereocenters. The second kappa shape index (κ2) is 8.39. The number of ether oxygens (including phenoxy) is 3. The van der Waals surface area contributed by atoms with Gasteiger partial charge in [-0.25, -0.2) is 9.59 Å². The molecule has 1 unspecified atom stereocenters. The highest BCUT2D eigenvalue weighted by Gasteiger charge is 2.35. The fourth-order valence-electron chi connectivity index (χ4n) is 2.86. The van der Waals surface area contributed by atoms with E-state index in [-0.39, 0.29) is 29.4 Å². The van der Waals surface area contributed by atoms with Crippen molar-refractivity contribution in [1.29, 1.82) is 0 Å². The number of methoxy groups -OCH3 is 2. The number of amides is 2. The summed E-state index contributed by atoms with van der Waals surface area (Å²) in [6.45, 7) is 3.58. The number of nitro groups is 1. The summed E-state index contributed by atoms with van der Waals surface area (Å²) in [5.41, 5.74) is 0.518. The van der Waals surface area contributed by atoms with Crippen LogP contribution in [0.3, 0.4) is 0 Å². The maximum atomic E-state index is 12.5. The summed E-state index contributed by atoms with van der Waals surface area (Å²) < 4.78 is 15.4. The SMILES string of the molecule is CCOC(=O)C1=C(CC)NC(=O)NC1c1cc(OC)c(OC)c([N+](=O)[O-])c1. The minimum Gasteiger partial charge on any atom is -0.493 e. The molecule has 0 saturated carbocycles. The molecule has 0 spiro atoms. The maximum Gasteiger partial charge on any atom is 0.338 e. The van der Waals surface area contributed by atoms with Crippen LogP contribution in [0.5, 0.6) is 11.5 Å². The molecule has 0 aliphatic carbocycles. The minimum absolute atomic E-state index is 0.0520. The zero-order chi connectivity index (χ0) is 20.1. The van der Waals surface area contributed by atoms with Crippen molar-refractivity contribution in [3.63, 3.8) is 0 Å². The van der Waals surface area contributed by atoms with Crippen molar-refractivity contribution < 1.29 is 28.7 Å². The van der Waals surface area contributed by atoms with E-state index in [1.807, 2.05) is 0 Å². The Morgan fingerprint density at radius 2 is 1.96 bits per heavy atom. The van der Waals surface area contributed by atoms with Gasteiger partial charge in [0.1, 0.15) is 0 Å². The molecule has 2 rings (SSSR count). The number of nitrogens with one attached hydrogen (secondary N) is 2.